The minimum absolute atomic E-state index is 0.00193. The second-order valence-electron chi connectivity index (χ2n) is 36.6. The number of benzene rings is 5. The molecule has 0 saturated heterocycles. The van der Waals surface area contributed by atoms with E-state index < -0.39 is 0 Å². The Labute approximate surface area is 769 Å². The molecule has 11 nitrogen and oxygen atoms in total. The number of nitrogens with one attached hydrogen (secondary N) is 2. The highest BCUT2D eigenvalue weighted by molar-refractivity contribution is 5.86. The first-order chi connectivity index (χ1) is 58.4. The van der Waals surface area contributed by atoms with Crippen LogP contribution in [0.1, 0.15) is 398 Å². The summed E-state index contributed by atoms with van der Waals surface area (Å²) in [6.45, 7) is 76.0. The smallest absolute Gasteiger partial charge is 0.152 e. The van der Waals surface area contributed by atoms with Gasteiger partial charge in [0.2, 0.25) is 0 Å². The van der Waals surface area contributed by atoms with Crippen LogP contribution in [0.15, 0.2) is 127 Å². The Morgan fingerprint density at radius 2 is 0.616 bits per heavy atom. The van der Waals surface area contributed by atoms with E-state index >= 15 is 0 Å². The van der Waals surface area contributed by atoms with Gasteiger partial charge >= 0.3 is 0 Å². The minimum atomic E-state index is -0.364. The van der Waals surface area contributed by atoms with E-state index in [0.717, 1.165) is 73.0 Å². The van der Waals surface area contributed by atoms with Gasteiger partial charge < -0.3 is 27.8 Å². The summed E-state index contributed by atoms with van der Waals surface area (Å²) in [4.78, 5) is 68.6. The van der Waals surface area contributed by atoms with Crippen molar-refractivity contribution in [2.24, 2.45) is 82.3 Å². The molecule has 5 rings (SSSR count). The third kappa shape index (κ3) is 88.1. The summed E-state index contributed by atoms with van der Waals surface area (Å²) in [5, 5.41) is 6.31. The van der Waals surface area contributed by atoms with Crippen LogP contribution in [0.2, 0.25) is 0 Å². The fourth-order valence-corrected chi connectivity index (χ4v) is 10.9. The number of ketones is 6. The van der Waals surface area contributed by atoms with Gasteiger partial charge in [-0.1, -0.05) is 386 Å². The van der Waals surface area contributed by atoms with Crippen molar-refractivity contribution in [1.82, 2.24) is 10.6 Å². The van der Waals surface area contributed by atoms with Crippen molar-refractivity contribution in [3.05, 3.63) is 178 Å². The largest absolute Gasteiger partial charge is 0.327 e. The highest BCUT2D eigenvalue weighted by atomic mass is 19.1. The maximum atomic E-state index is 13.1. The van der Waals surface area contributed by atoms with Crippen LogP contribution in [0.3, 0.4) is 0 Å². The second-order valence-corrected chi connectivity index (χ2v) is 36.6. The topological polar surface area (TPSA) is 205 Å². The van der Waals surface area contributed by atoms with Crippen LogP contribution < -0.4 is 27.8 Å². The van der Waals surface area contributed by atoms with E-state index in [1.165, 1.54) is 99.9 Å². The third-order valence-electron chi connectivity index (χ3n) is 17.2. The first kappa shape index (κ1) is 137. The van der Waals surface area contributed by atoms with Gasteiger partial charge in [0.15, 0.2) is 17.3 Å². The molecular weight excluding hydrogens is 1560 g/mol. The van der Waals surface area contributed by atoms with Gasteiger partial charge in [0, 0.05) is 79.2 Å². The summed E-state index contributed by atoms with van der Waals surface area (Å²) in [5.74, 6) is 4.16. The lowest BCUT2D eigenvalue weighted by Crippen LogP contribution is -2.37. The van der Waals surface area contributed by atoms with Crippen molar-refractivity contribution < 1.29 is 46.3 Å². The lowest BCUT2D eigenvalue weighted by molar-refractivity contribution is -0.124. The van der Waals surface area contributed by atoms with Gasteiger partial charge in [-0.25, -0.2) is 17.6 Å². The molecule has 0 bridgehead atoms. The van der Waals surface area contributed by atoms with Crippen LogP contribution in [0.4, 0.5) is 17.6 Å². The van der Waals surface area contributed by atoms with Crippen LogP contribution in [0, 0.1) is 88.4 Å². The highest BCUT2D eigenvalue weighted by Crippen LogP contribution is 2.32. The Bertz CT molecular complexity index is 3100. The van der Waals surface area contributed by atoms with E-state index in [1.807, 2.05) is 145 Å². The van der Waals surface area contributed by atoms with E-state index in [-0.39, 0.29) is 118 Å². The maximum absolute atomic E-state index is 13.1. The average Bonchev–Trinajstić information content (AvgIpc) is 0.841. The molecule has 0 aliphatic heterocycles. The number of carbonyl (C=O) groups is 6. The molecule has 0 aliphatic rings. The van der Waals surface area contributed by atoms with Gasteiger partial charge in [-0.15, -0.1) is 0 Å². The molecule has 5 aromatic carbocycles. The fourth-order valence-electron chi connectivity index (χ4n) is 10.9. The fraction of sp³-hybridized carbons (Fsp3) is 0.673. The molecule has 0 aromatic heterocycles. The molecule has 0 radical (unpaired) electrons. The molecular formula is C110H197F4N5O6. The van der Waals surface area contributed by atoms with Crippen LogP contribution in [0.25, 0.3) is 0 Å². The summed E-state index contributed by atoms with van der Waals surface area (Å²) in [6, 6.07) is 35.2. The monoisotopic (exact) mass is 1760 g/mol. The van der Waals surface area contributed by atoms with Crippen molar-refractivity contribution in [2.75, 3.05) is 20.1 Å². The number of Topliss-reactive ketones (excluding diaryl/α,β-unsaturated/α-hetero) is 6. The van der Waals surface area contributed by atoms with Crippen LogP contribution in [-0.2, 0) is 35.2 Å². The standard InChI is InChI=1S/C19H20F2O.C19H22F2.C12H17NO.3C10H21NO.C9H19NO.7C3H8/c1-13(2)19(22)12-11-18(14-3-7-16(20)8-4-14)15-5-9-17(21)10-6-15;1-14(2)4-3-5-19(15-6-10-17(20)11-7-15)16-8-12-18(21)13-9-16;1-9(2)12(14)11(13)8-10-6-4-3-5-7-10;1-7(2)6-9(11-5)10(12)8(3)4;1-7(2)5-9(11)6-10(12)8(3)4;1-8(2)7-11-6-5-10(12)9(3)4;1-6(2)5-8(10)9(11)7(3)4;7*1-3-2/h3-10,13,18H,11-12H2,1-2H3;6-14,19H,3-5H2,1-2H3;3-7,9,11H,8,13H2,1-2H3;7-9,11H,6H2,1-5H3;7-9H,5-6,11H2,1-4H3;8-9,11H,5-7H2,1-4H3;6-8H,5,10H2,1-4H3;7*3H2,1-2H3/t;;11-;2*9-;;8-;;;;;;;/m..000.0......./s1. The van der Waals surface area contributed by atoms with Crippen molar-refractivity contribution >= 4 is 34.7 Å². The number of carbonyl (C=O) groups excluding carboxylic acids is 6. The van der Waals surface area contributed by atoms with Crippen LogP contribution in [0.5, 0.6) is 0 Å². The average molecular weight is 1760 g/mol. The van der Waals surface area contributed by atoms with Gasteiger partial charge in [-0.2, -0.15) is 0 Å². The Balaban J connectivity index is -0.000000175. The Hall–Kier alpha value is -6.36. The molecule has 0 saturated carbocycles. The quantitative estimate of drug-likeness (QED) is 0.0188. The van der Waals surface area contributed by atoms with E-state index in [4.69, 9.17) is 17.2 Å². The predicted molar refractivity (Wildman–Crippen MR) is 540 cm³/mol. The van der Waals surface area contributed by atoms with Gasteiger partial charge in [0.1, 0.15) is 40.6 Å². The van der Waals surface area contributed by atoms with Crippen LogP contribution >= 0.6 is 0 Å². The zero-order valence-electron chi connectivity index (χ0n) is 87.3. The molecule has 125 heavy (non-hydrogen) atoms. The second kappa shape index (κ2) is 91.0. The molecule has 0 unspecified atom stereocenters. The number of hydrogen-bond acceptors (Lipinski definition) is 11. The molecule has 15 heteroatoms. The molecule has 0 heterocycles. The Kier molecular flexibility index (Phi) is 99.4. The molecule has 4 atom stereocenters. The molecule has 0 aliphatic carbocycles. The summed E-state index contributed by atoms with van der Waals surface area (Å²) in [7, 11) is 1.85. The first-order valence-electron chi connectivity index (χ1n) is 48.3. The van der Waals surface area contributed by atoms with Gasteiger partial charge in [-0.05, 0) is 158 Å². The van der Waals surface area contributed by atoms with Crippen molar-refractivity contribution in [3.63, 3.8) is 0 Å². The number of hydrogen-bond donors (Lipinski definition) is 5. The SMILES string of the molecule is CC(C)C(=O)CCC(c1ccc(F)cc1)c1ccc(F)cc1.CC(C)C(=O)[C@@H](N)Cc1ccccc1.CC(C)CCCC(c1ccc(F)cc1)c1ccc(F)cc1.CC(C)CNCCC(=O)C(C)C.CC(C)C[C@H](N)C(=O)C(C)C.CC(C)C[C@H](N)CC(=O)C(C)C.CCC.CCC.CCC.CCC.CCC.CCC.CCC.CN[C@@H](CC(C)C)C(=O)C(C)C. The van der Waals surface area contributed by atoms with E-state index in [1.54, 1.807) is 24.3 Å². The van der Waals surface area contributed by atoms with E-state index in [2.05, 4.69) is 177 Å². The van der Waals surface area contributed by atoms with Crippen molar-refractivity contribution in [2.45, 2.75) is 401 Å². The van der Waals surface area contributed by atoms with E-state index in [0.29, 0.717) is 73.3 Å². The zero-order chi connectivity index (χ0) is 98.9. The lowest BCUT2D eigenvalue weighted by Gasteiger charge is -2.19. The Morgan fingerprint density at radius 1 is 0.320 bits per heavy atom. The molecule has 5 aromatic rings. The lowest BCUT2D eigenvalue weighted by atomic mass is 9.86. The highest BCUT2D eigenvalue weighted by Gasteiger charge is 2.23. The number of likely N-dealkylation sites (N-methyl/N-ethyl adjacent to an activating group) is 1. The third-order valence-corrected chi connectivity index (χ3v) is 17.2. The van der Waals surface area contributed by atoms with Gasteiger partial charge in [0.05, 0.1) is 18.1 Å². The Morgan fingerprint density at radius 3 is 0.888 bits per heavy atom. The van der Waals surface area contributed by atoms with Crippen molar-refractivity contribution in [1.29, 1.82) is 0 Å². The number of halogens is 4. The number of rotatable bonds is 36. The predicted octanol–water partition coefficient (Wildman–Crippen LogP) is 30.0. The zero-order valence-corrected chi connectivity index (χ0v) is 87.3. The normalized spacial score (nSPS) is 11.3. The molecule has 726 valence electrons. The minimum Gasteiger partial charge on any atom is -0.327 e. The van der Waals surface area contributed by atoms with Gasteiger partial charge in [-0.3, -0.25) is 28.8 Å². The first-order valence-corrected chi connectivity index (χ1v) is 48.3. The van der Waals surface area contributed by atoms with Crippen LogP contribution in [-0.4, -0.2) is 79.0 Å². The van der Waals surface area contributed by atoms with E-state index in [9.17, 15) is 46.3 Å². The summed E-state index contributed by atoms with van der Waals surface area (Å²) >= 11 is 0. The molecule has 8 N–H and O–H groups in total. The van der Waals surface area contributed by atoms with Crippen molar-refractivity contribution in [3.8, 4) is 0 Å². The summed E-state index contributed by atoms with van der Waals surface area (Å²) < 4.78 is 52.5. The summed E-state index contributed by atoms with van der Waals surface area (Å²) in [6.07, 6.45) is 17.6. The molecule has 0 spiro atoms. The number of nitrogens with two attached hydrogens (primary N) is 3. The summed E-state index contributed by atoms with van der Waals surface area (Å²) in [5.41, 5.74) is 22.4. The molecule has 0 fully saturated rings. The van der Waals surface area contributed by atoms with Gasteiger partial charge in [0.25, 0.3) is 0 Å². The maximum Gasteiger partial charge on any atom is 0.152 e. The molecule has 0 amide bonds.